The molecule has 3 heterocycles. The predicted octanol–water partition coefficient (Wildman–Crippen LogP) is 4.66. The molecule has 0 aliphatic carbocycles. The van der Waals surface area contributed by atoms with Crippen molar-refractivity contribution in [3.63, 3.8) is 0 Å². The lowest BCUT2D eigenvalue weighted by Gasteiger charge is -2.32. The molecule has 4 rings (SSSR count). The Morgan fingerprint density at radius 1 is 1.30 bits per heavy atom. The first kappa shape index (κ1) is 14.6. The zero-order valence-electron chi connectivity index (χ0n) is 12.8. The van der Waals surface area contributed by atoms with Gasteiger partial charge in [-0.05, 0) is 54.6 Å². The second kappa shape index (κ2) is 5.91. The van der Waals surface area contributed by atoms with Crippen LogP contribution < -0.4 is 0 Å². The largest absolute Gasteiger partial charge is 0.439 e. The monoisotopic (exact) mass is 328 g/mol. The number of aromatic nitrogens is 1. The number of rotatable bonds is 3. The van der Waals surface area contributed by atoms with Gasteiger partial charge in [0.25, 0.3) is 0 Å². The average molecular weight is 328 g/mol. The molecule has 0 saturated carbocycles. The third-order valence-corrected chi connectivity index (χ3v) is 5.42. The van der Waals surface area contributed by atoms with Crippen molar-refractivity contribution >= 4 is 11.3 Å². The summed E-state index contributed by atoms with van der Waals surface area (Å²) < 4.78 is 18.9. The van der Waals surface area contributed by atoms with Crippen LogP contribution in [0.2, 0.25) is 0 Å². The van der Waals surface area contributed by atoms with E-state index in [-0.39, 0.29) is 5.82 Å². The number of halogens is 1. The van der Waals surface area contributed by atoms with Crippen molar-refractivity contribution in [2.24, 2.45) is 0 Å². The minimum absolute atomic E-state index is 0.248. The van der Waals surface area contributed by atoms with Crippen molar-refractivity contribution < 1.29 is 8.81 Å². The van der Waals surface area contributed by atoms with Crippen molar-refractivity contribution in [1.29, 1.82) is 0 Å². The van der Waals surface area contributed by atoms with E-state index < -0.39 is 0 Å². The fourth-order valence-electron chi connectivity index (χ4n) is 3.08. The summed E-state index contributed by atoms with van der Waals surface area (Å²) in [6.07, 6.45) is 2.80. The van der Waals surface area contributed by atoms with Gasteiger partial charge in [-0.1, -0.05) is 0 Å². The third-order valence-electron chi connectivity index (χ3n) is 4.42. The summed E-state index contributed by atoms with van der Waals surface area (Å²) in [7, 11) is 0. The first-order valence-electron chi connectivity index (χ1n) is 7.71. The Morgan fingerprint density at radius 2 is 2.13 bits per heavy atom. The van der Waals surface area contributed by atoms with Gasteiger partial charge >= 0.3 is 0 Å². The van der Waals surface area contributed by atoms with Gasteiger partial charge in [0.15, 0.2) is 5.76 Å². The average Bonchev–Trinajstić information content (AvgIpc) is 3.20. The highest BCUT2D eigenvalue weighted by atomic mass is 32.1. The van der Waals surface area contributed by atoms with E-state index in [0.29, 0.717) is 24.2 Å². The van der Waals surface area contributed by atoms with Crippen LogP contribution in [0.5, 0.6) is 0 Å². The number of hydrogen-bond acceptors (Lipinski definition) is 4. The van der Waals surface area contributed by atoms with Gasteiger partial charge in [-0.25, -0.2) is 9.37 Å². The number of nitrogens with zero attached hydrogens (tertiary/aromatic N) is 2. The molecular formula is C18H17FN2OS. The molecule has 0 fully saturated rings. The van der Waals surface area contributed by atoms with Crippen molar-refractivity contribution in [1.82, 2.24) is 9.88 Å². The minimum Gasteiger partial charge on any atom is -0.439 e. The summed E-state index contributed by atoms with van der Waals surface area (Å²) in [6.45, 7) is 3.94. The summed E-state index contributed by atoms with van der Waals surface area (Å²) in [5.41, 5.74) is 2.27. The Hall–Kier alpha value is -1.98. The molecule has 0 N–H and O–H groups in total. The highest BCUT2D eigenvalue weighted by molar-refractivity contribution is 7.10. The Morgan fingerprint density at radius 3 is 2.96 bits per heavy atom. The number of fused-ring (bicyclic) bond motifs is 1. The Kier molecular flexibility index (Phi) is 3.75. The lowest BCUT2D eigenvalue weighted by Crippen LogP contribution is -2.32. The highest BCUT2D eigenvalue weighted by Crippen LogP contribution is 2.33. The van der Waals surface area contributed by atoms with E-state index >= 15 is 0 Å². The molecule has 0 spiro atoms. The molecule has 0 saturated heterocycles. The van der Waals surface area contributed by atoms with E-state index in [9.17, 15) is 4.39 Å². The van der Waals surface area contributed by atoms with Gasteiger partial charge in [0.05, 0.1) is 12.7 Å². The third kappa shape index (κ3) is 2.82. The van der Waals surface area contributed by atoms with Crippen LogP contribution in [0, 0.1) is 5.82 Å². The van der Waals surface area contributed by atoms with Crippen molar-refractivity contribution in [3.8, 4) is 11.3 Å². The first-order valence-corrected chi connectivity index (χ1v) is 8.59. The highest BCUT2D eigenvalue weighted by Gasteiger charge is 2.25. The maximum Gasteiger partial charge on any atom is 0.209 e. The molecule has 0 radical (unpaired) electrons. The van der Waals surface area contributed by atoms with E-state index in [4.69, 9.17) is 4.42 Å². The quantitative estimate of drug-likeness (QED) is 0.700. The fourth-order valence-corrected chi connectivity index (χ4v) is 4.04. The van der Waals surface area contributed by atoms with Gasteiger partial charge in [0, 0.05) is 23.0 Å². The summed E-state index contributed by atoms with van der Waals surface area (Å²) >= 11 is 1.84. The van der Waals surface area contributed by atoms with E-state index in [1.165, 1.54) is 22.6 Å². The van der Waals surface area contributed by atoms with Crippen LogP contribution in [0.15, 0.2) is 46.3 Å². The maximum absolute atomic E-state index is 13.0. The van der Waals surface area contributed by atoms with E-state index in [2.05, 4.69) is 28.3 Å². The summed E-state index contributed by atoms with van der Waals surface area (Å²) in [5, 5.41) is 2.17. The molecular weight excluding hydrogens is 311 g/mol. The molecule has 3 aromatic rings. The summed E-state index contributed by atoms with van der Waals surface area (Å²) in [5.74, 6) is 1.14. The van der Waals surface area contributed by atoms with Crippen LogP contribution in [-0.4, -0.2) is 16.4 Å². The van der Waals surface area contributed by atoms with Crippen LogP contribution in [-0.2, 0) is 13.0 Å². The number of hydrogen-bond donors (Lipinski definition) is 0. The molecule has 0 amide bonds. The maximum atomic E-state index is 13.0. The number of oxazole rings is 1. The molecule has 23 heavy (non-hydrogen) atoms. The van der Waals surface area contributed by atoms with Crippen molar-refractivity contribution in [2.45, 2.75) is 25.9 Å². The van der Waals surface area contributed by atoms with Crippen LogP contribution in [0.1, 0.15) is 29.3 Å². The predicted molar refractivity (Wildman–Crippen MR) is 88.7 cm³/mol. The lowest BCUT2D eigenvalue weighted by molar-refractivity contribution is 0.174. The fraction of sp³-hybridized carbons (Fsp3) is 0.278. The lowest BCUT2D eigenvalue weighted by atomic mass is 10.0. The molecule has 2 aromatic heterocycles. The zero-order valence-corrected chi connectivity index (χ0v) is 13.6. The smallest absolute Gasteiger partial charge is 0.209 e. The van der Waals surface area contributed by atoms with Gasteiger partial charge in [-0.15, -0.1) is 11.3 Å². The van der Waals surface area contributed by atoms with Gasteiger partial charge in [0.1, 0.15) is 5.82 Å². The minimum atomic E-state index is -0.248. The van der Waals surface area contributed by atoms with Gasteiger partial charge < -0.3 is 4.42 Å². The molecule has 1 atom stereocenters. The Balaban J connectivity index is 1.51. The Bertz CT molecular complexity index is 809. The van der Waals surface area contributed by atoms with Crippen molar-refractivity contribution in [3.05, 3.63) is 64.1 Å². The molecule has 3 nitrogen and oxygen atoms in total. The molecule has 1 aliphatic heterocycles. The van der Waals surface area contributed by atoms with Gasteiger partial charge in [-0.2, -0.15) is 0 Å². The number of thiophene rings is 1. The van der Waals surface area contributed by atoms with E-state index in [0.717, 1.165) is 18.5 Å². The molecule has 118 valence electrons. The van der Waals surface area contributed by atoms with Crippen LogP contribution >= 0.6 is 11.3 Å². The van der Waals surface area contributed by atoms with Gasteiger partial charge in [-0.3, -0.25) is 4.90 Å². The van der Waals surface area contributed by atoms with Gasteiger partial charge in [0.2, 0.25) is 5.89 Å². The molecule has 0 bridgehead atoms. The van der Waals surface area contributed by atoms with Crippen LogP contribution in [0.25, 0.3) is 11.3 Å². The molecule has 0 unspecified atom stereocenters. The second-order valence-electron chi connectivity index (χ2n) is 5.82. The van der Waals surface area contributed by atoms with Crippen LogP contribution in [0.3, 0.4) is 0 Å². The first-order chi connectivity index (χ1) is 11.2. The van der Waals surface area contributed by atoms with Crippen molar-refractivity contribution in [2.75, 3.05) is 6.54 Å². The molecule has 1 aromatic carbocycles. The second-order valence-corrected chi connectivity index (χ2v) is 6.82. The molecule has 1 aliphatic rings. The summed E-state index contributed by atoms with van der Waals surface area (Å²) in [4.78, 5) is 8.27. The number of benzene rings is 1. The topological polar surface area (TPSA) is 29.3 Å². The Labute approximate surface area is 138 Å². The van der Waals surface area contributed by atoms with E-state index in [1.807, 2.05) is 11.3 Å². The standard InChI is InChI=1S/C18H17FN2OS/c1-12-15-7-9-23-17(15)6-8-21(12)11-18-20-10-16(22-18)13-2-4-14(19)5-3-13/h2-5,7,9-10,12H,6,8,11H2,1H3/t12-/m0/s1. The zero-order chi connectivity index (χ0) is 15.8. The normalized spacial score (nSPS) is 18.1. The molecule has 5 heteroatoms. The van der Waals surface area contributed by atoms with Crippen LogP contribution in [0.4, 0.5) is 4.39 Å². The summed E-state index contributed by atoms with van der Waals surface area (Å²) in [6, 6.07) is 8.88. The SMILES string of the molecule is C[C@H]1c2ccsc2CCN1Cc1ncc(-c2ccc(F)cc2)o1. The van der Waals surface area contributed by atoms with E-state index in [1.54, 1.807) is 18.3 Å².